The molecule has 1 aromatic carbocycles. The van der Waals surface area contributed by atoms with Crippen LogP contribution in [0.2, 0.25) is 5.02 Å². The Hall–Kier alpha value is -1.26. The second kappa shape index (κ2) is 6.88. The number of carbonyl (C=O) groups is 1. The predicted molar refractivity (Wildman–Crippen MR) is 90.1 cm³/mol. The molecule has 3 N–H and O–H groups in total. The summed E-state index contributed by atoms with van der Waals surface area (Å²) >= 11 is 6.05. The lowest BCUT2D eigenvalue weighted by Crippen LogP contribution is -2.43. The van der Waals surface area contributed by atoms with Crippen molar-refractivity contribution >= 4 is 23.2 Å². The minimum absolute atomic E-state index is 0.101. The molecule has 1 saturated carbocycles. The number of rotatable bonds is 3. The molecule has 1 saturated heterocycles. The summed E-state index contributed by atoms with van der Waals surface area (Å²) < 4.78 is 0. The number of benzene rings is 1. The van der Waals surface area contributed by atoms with E-state index in [1.165, 1.54) is 0 Å². The first-order chi connectivity index (χ1) is 10.6. The van der Waals surface area contributed by atoms with Crippen LogP contribution in [0.1, 0.15) is 32.1 Å². The third-order valence-corrected chi connectivity index (χ3v) is 5.03. The van der Waals surface area contributed by atoms with Crippen LogP contribution in [0.25, 0.3) is 0 Å². The van der Waals surface area contributed by atoms with E-state index in [1.54, 1.807) is 0 Å². The average Bonchev–Trinajstić information content (AvgIpc) is 2.96. The van der Waals surface area contributed by atoms with Crippen molar-refractivity contribution in [1.82, 2.24) is 5.32 Å². The largest absolute Gasteiger partial charge is 0.369 e. The Morgan fingerprint density at radius 3 is 2.95 bits per heavy atom. The SMILES string of the molecule is NC1CCCC(C(=O)NC2CCN(c3cccc(Cl)c3)C2)C1. The smallest absolute Gasteiger partial charge is 0.223 e. The normalized spacial score (nSPS) is 28.6. The maximum atomic E-state index is 12.4. The number of anilines is 1. The summed E-state index contributed by atoms with van der Waals surface area (Å²) in [4.78, 5) is 14.7. The fourth-order valence-electron chi connectivity index (χ4n) is 3.57. The third-order valence-electron chi connectivity index (χ3n) is 4.79. The number of nitrogens with two attached hydrogens (primary N) is 1. The van der Waals surface area contributed by atoms with Crippen LogP contribution in [0.3, 0.4) is 0 Å². The zero-order valence-electron chi connectivity index (χ0n) is 12.8. The van der Waals surface area contributed by atoms with E-state index in [0.717, 1.165) is 55.9 Å². The Labute approximate surface area is 137 Å². The number of hydrogen-bond donors (Lipinski definition) is 2. The second-order valence-electron chi connectivity index (χ2n) is 6.54. The summed E-state index contributed by atoms with van der Waals surface area (Å²) in [7, 11) is 0. The molecule has 3 atom stereocenters. The monoisotopic (exact) mass is 321 g/mol. The van der Waals surface area contributed by atoms with E-state index < -0.39 is 0 Å². The van der Waals surface area contributed by atoms with Gasteiger partial charge in [0.2, 0.25) is 5.91 Å². The molecule has 1 aliphatic heterocycles. The molecule has 22 heavy (non-hydrogen) atoms. The lowest BCUT2D eigenvalue weighted by atomic mass is 9.85. The highest BCUT2D eigenvalue weighted by molar-refractivity contribution is 6.30. The molecule has 0 bridgehead atoms. The molecular weight excluding hydrogens is 298 g/mol. The zero-order chi connectivity index (χ0) is 15.5. The molecule has 2 fully saturated rings. The first kappa shape index (κ1) is 15.6. The van der Waals surface area contributed by atoms with Crippen LogP contribution in [0.5, 0.6) is 0 Å². The van der Waals surface area contributed by atoms with Crippen molar-refractivity contribution in [2.24, 2.45) is 11.7 Å². The Morgan fingerprint density at radius 1 is 1.32 bits per heavy atom. The van der Waals surface area contributed by atoms with E-state index in [4.69, 9.17) is 17.3 Å². The number of nitrogens with one attached hydrogen (secondary N) is 1. The Balaban J connectivity index is 1.53. The average molecular weight is 322 g/mol. The van der Waals surface area contributed by atoms with Crippen molar-refractivity contribution in [3.63, 3.8) is 0 Å². The fraction of sp³-hybridized carbons (Fsp3) is 0.588. The van der Waals surface area contributed by atoms with Crippen molar-refractivity contribution in [3.8, 4) is 0 Å². The van der Waals surface area contributed by atoms with Crippen molar-refractivity contribution in [2.75, 3.05) is 18.0 Å². The van der Waals surface area contributed by atoms with Gasteiger partial charge in [-0.15, -0.1) is 0 Å². The highest BCUT2D eigenvalue weighted by atomic mass is 35.5. The fourth-order valence-corrected chi connectivity index (χ4v) is 3.75. The van der Waals surface area contributed by atoms with E-state index in [9.17, 15) is 4.79 Å². The molecule has 1 aromatic rings. The molecule has 2 aliphatic rings. The molecule has 0 spiro atoms. The summed E-state index contributed by atoms with van der Waals surface area (Å²) in [5.74, 6) is 0.289. The standard InChI is InChI=1S/C17H24ClN3O/c18-13-4-2-6-16(10-13)21-8-7-15(11-21)20-17(22)12-3-1-5-14(19)9-12/h2,4,6,10,12,14-15H,1,3,5,7-9,11,19H2,(H,20,22). The number of halogens is 1. The van der Waals surface area contributed by atoms with E-state index >= 15 is 0 Å². The minimum Gasteiger partial charge on any atom is -0.369 e. The molecule has 1 heterocycles. The molecule has 0 radical (unpaired) electrons. The van der Waals surface area contributed by atoms with Gasteiger partial charge in [0.15, 0.2) is 0 Å². The number of amides is 1. The van der Waals surface area contributed by atoms with Crippen LogP contribution < -0.4 is 16.0 Å². The topological polar surface area (TPSA) is 58.4 Å². The van der Waals surface area contributed by atoms with Gasteiger partial charge in [-0.1, -0.05) is 24.1 Å². The van der Waals surface area contributed by atoms with Crippen LogP contribution in [-0.2, 0) is 4.79 Å². The summed E-state index contributed by atoms with van der Waals surface area (Å²) in [6.07, 6.45) is 4.91. The first-order valence-corrected chi connectivity index (χ1v) is 8.56. The predicted octanol–water partition coefficient (Wildman–Crippen LogP) is 2.55. The number of carbonyl (C=O) groups excluding carboxylic acids is 1. The van der Waals surface area contributed by atoms with Crippen LogP contribution >= 0.6 is 11.6 Å². The minimum atomic E-state index is 0.101. The molecule has 0 aromatic heterocycles. The Kier molecular flexibility index (Phi) is 4.89. The molecule has 1 aliphatic carbocycles. The van der Waals surface area contributed by atoms with Gasteiger partial charge in [-0.25, -0.2) is 0 Å². The summed E-state index contributed by atoms with van der Waals surface area (Å²) in [6.45, 7) is 1.81. The van der Waals surface area contributed by atoms with E-state index in [1.807, 2.05) is 18.2 Å². The molecule has 3 unspecified atom stereocenters. The summed E-state index contributed by atoms with van der Waals surface area (Å²) in [5, 5.41) is 3.97. The van der Waals surface area contributed by atoms with Crippen molar-refractivity contribution < 1.29 is 4.79 Å². The van der Waals surface area contributed by atoms with Gasteiger partial charge in [0.05, 0.1) is 0 Å². The van der Waals surface area contributed by atoms with Gasteiger partial charge in [-0.05, 0) is 43.9 Å². The molecule has 5 heteroatoms. The van der Waals surface area contributed by atoms with Gasteiger partial charge in [0, 0.05) is 41.8 Å². The number of hydrogen-bond acceptors (Lipinski definition) is 3. The number of nitrogens with zero attached hydrogens (tertiary/aromatic N) is 1. The molecular formula is C17H24ClN3O. The highest BCUT2D eigenvalue weighted by Gasteiger charge is 2.29. The van der Waals surface area contributed by atoms with Crippen LogP contribution in [0, 0.1) is 5.92 Å². The van der Waals surface area contributed by atoms with Crippen molar-refractivity contribution in [3.05, 3.63) is 29.3 Å². The quantitative estimate of drug-likeness (QED) is 0.899. The van der Waals surface area contributed by atoms with Crippen LogP contribution in [-0.4, -0.2) is 31.1 Å². The van der Waals surface area contributed by atoms with E-state index in [2.05, 4.69) is 16.3 Å². The zero-order valence-corrected chi connectivity index (χ0v) is 13.6. The van der Waals surface area contributed by atoms with Gasteiger partial charge in [-0.2, -0.15) is 0 Å². The summed E-state index contributed by atoms with van der Waals surface area (Å²) in [5.41, 5.74) is 7.11. The third kappa shape index (κ3) is 3.73. The van der Waals surface area contributed by atoms with Crippen molar-refractivity contribution in [1.29, 1.82) is 0 Å². The Bertz CT molecular complexity index is 536. The van der Waals surface area contributed by atoms with E-state index in [0.29, 0.717) is 0 Å². The van der Waals surface area contributed by atoms with Gasteiger partial charge in [0.25, 0.3) is 0 Å². The molecule has 4 nitrogen and oxygen atoms in total. The highest BCUT2D eigenvalue weighted by Crippen LogP contribution is 2.26. The summed E-state index contributed by atoms with van der Waals surface area (Å²) in [6, 6.07) is 8.31. The van der Waals surface area contributed by atoms with Crippen molar-refractivity contribution in [2.45, 2.75) is 44.2 Å². The molecule has 1 amide bonds. The molecule has 120 valence electrons. The maximum Gasteiger partial charge on any atom is 0.223 e. The van der Waals surface area contributed by atoms with Crippen LogP contribution in [0.4, 0.5) is 5.69 Å². The maximum absolute atomic E-state index is 12.4. The van der Waals surface area contributed by atoms with Gasteiger partial charge < -0.3 is 16.0 Å². The first-order valence-electron chi connectivity index (χ1n) is 8.18. The lowest BCUT2D eigenvalue weighted by Gasteiger charge is -2.27. The van der Waals surface area contributed by atoms with Gasteiger partial charge in [0.1, 0.15) is 0 Å². The second-order valence-corrected chi connectivity index (χ2v) is 6.98. The van der Waals surface area contributed by atoms with Crippen LogP contribution in [0.15, 0.2) is 24.3 Å². The lowest BCUT2D eigenvalue weighted by molar-refractivity contribution is -0.126. The van der Waals surface area contributed by atoms with Gasteiger partial charge in [-0.3, -0.25) is 4.79 Å². The molecule has 3 rings (SSSR count). The van der Waals surface area contributed by atoms with Gasteiger partial charge >= 0.3 is 0 Å². The Morgan fingerprint density at radius 2 is 2.18 bits per heavy atom. The van der Waals surface area contributed by atoms with E-state index in [-0.39, 0.29) is 23.9 Å².